The summed E-state index contributed by atoms with van der Waals surface area (Å²) >= 11 is 0. The highest BCUT2D eigenvalue weighted by atomic mass is 16.4. The Labute approximate surface area is 115 Å². The van der Waals surface area contributed by atoms with Gasteiger partial charge in [-0.15, -0.1) is 0 Å². The number of aromatic nitrogens is 4. The first-order chi connectivity index (χ1) is 9.47. The molecule has 0 unspecified atom stereocenters. The Morgan fingerprint density at radius 2 is 2.05 bits per heavy atom. The second-order valence-corrected chi connectivity index (χ2v) is 4.78. The molecule has 0 aliphatic rings. The lowest BCUT2D eigenvalue weighted by Crippen LogP contribution is -1.99. The SMILES string of the molecule is Cc1nn(C)cc1-n1c(C)nc2ccc(C(=O)O)cc21. The number of hydrogen-bond donors (Lipinski definition) is 1. The third-order valence-corrected chi connectivity index (χ3v) is 3.30. The van der Waals surface area contributed by atoms with Crippen molar-refractivity contribution >= 4 is 17.0 Å². The average molecular weight is 270 g/mol. The average Bonchev–Trinajstić information content (AvgIpc) is 2.86. The van der Waals surface area contributed by atoms with Crippen molar-refractivity contribution in [3.05, 3.63) is 41.5 Å². The number of rotatable bonds is 2. The predicted molar refractivity (Wildman–Crippen MR) is 74.3 cm³/mol. The van der Waals surface area contributed by atoms with Crippen LogP contribution in [0.1, 0.15) is 21.9 Å². The quantitative estimate of drug-likeness (QED) is 0.773. The van der Waals surface area contributed by atoms with Gasteiger partial charge in [0.05, 0.1) is 28.0 Å². The fourth-order valence-corrected chi connectivity index (χ4v) is 2.44. The van der Waals surface area contributed by atoms with Crippen LogP contribution in [0.25, 0.3) is 16.7 Å². The Hall–Kier alpha value is -2.63. The molecule has 0 aliphatic heterocycles. The lowest BCUT2D eigenvalue weighted by atomic mass is 10.2. The summed E-state index contributed by atoms with van der Waals surface area (Å²) < 4.78 is 3.67. The molecule has 0 amide bonds. The first-order valence-electron chi connectivity index (χ1n) is 6.20. The molecule has 3 aromatic rings. The highest BCUT2D eigenvalue weighted by Gasteiger charge is 2.15. The molecule has 1 aromatic carbocycles. The van der Waals surface area contributed by atoms with Crippen molar-refractivity contribution in [2.45, 2.75) is 13.8 Å². The summed E-state index contributed by atoms with van der Waals surface area (Å²) in [6.07, 6.45) is 1.90. The number of carboxylic acid groups (broad SMARTS) is 1. The molecule has 1 N–H and O–H groups in total. The van der Waals surface area contributed by atoms with Gasteiger partial charge < -0.3 is 5.11 Å². The van der Waals surface area contributed by atoms with E-state index in [9.17, 15) is 4.79 Å². The van der Waals surface area contributed by atoms with Crippen LogP contribution >= 0.6 is 0 Å². The third kappa shape index (κ3) is 1.77. The number of aromatic carboxylic acids is 1. The zero-order valence-electron chi connectivity index (χ0n) is 11.5. The Bertz CT molecular complexity index is 829. The van der Waals surface area contributed by atoms with E-state index in [1.54, 1.807) is 22.9 Å². The Morgan fingerprint density at radius 3 is 2.65 bits per heavy atom. The van der Waals surface area contributed by atoms with E-state index in [1.807, 2.05) is 31.7 Å². The van der Waals surface area contributed by atoms with Gasteiger partial charge in [0.15, 0.2) is 0 Å². The summed E-state index contributed by atoms with van der Waals surface area (Å²) in [4.78, 5) is 15.6. The van der Waals surface area contributed by atoms with Gasteiger partial charge in [-0.25, -0.2) is 9.78 Å². The number of hydrogen-bond acceptors (Lipinski definition) is 3. The van der Waals surface area contributed by atoms with Crippen LogP contribution in [0.4, 0.5) is 0 Å². The largest absolute Gasteiger partial charge is 0.478 e. The molecule has 2 aromatic heterocycles. The van der Waals surface area contributed by atoms with Gasteiger partial charge in [0.25, 0.3) is 0 Å². The first-order valence-corrected chi connectivity index (χ1v) is 6.20. The third-order valence-electron chi connectivity index (χ3n) is 3.30. The maximum absolute atomic E-state index is 11.1. The van der Waals surface area contributed by atoms with Crippen molar-refractivity contribution in [1.82, 2.24) is 19.3 Å². The van der Waals surface area contributed by atoms with E-state index in [4.69, 9.17) is 5.11 Å². The highest BCUT2D eigenvalue weighted by Crippen LogP contribution is 2.24. The van der Waals surface area contributed by atoms with Crippen molar-refractivity contribution in [1.29, 1.82) is 0 Å². The molecule has 2 heterocycles. The predicted octanol–water partition coefficient (Wildman–Crippen LogP) is 2.07. The molecule has 0 saturated heterocycles. The fourth-order valence-electron chi connectivity index (χ4n) is 2.44. The van der Waals surface area contributed by atoms with E-state index in [0.717, 1.165) is 28.2 Å². The molecule has 102 valence electrons. The summed E-state index contributed by atoms with van der Waals surface area (Å²) in [5.41, 5.74) is 3.58. The van der Waals surface area contributed by atoms with Crippen molar-refractivity contribution in [3.63, 3.8) is 0 Å². The molecule has 0 atom stereocenters. The maximum Gasteiger partial charge on any atom is 0.335 e. The van der Waals surface area contributed by atoms with Crippen molar-refractivity contribution in [3.8, 4) is 5.69 Å². The van der Waals surface area contributed by atoms with Crippen LogP contribution in [0.2, 0.25) is 0 Å². The summed E-state index contributed by atoms with van der Waals surface area (Å²) in [5, 5.41) is 13.4. The molecule has 0 fully saturated rings. The lowest BCUT2D eigenvalue weighted by Gasteiger charge is -2.05. The second kappa shape index (κ2) is 4.19. The normalized spacial score (nSPS) is 11.2. The van der Waals surface area contributed by atoms with Crippen LogP contribution in [0.3, 0.4) is 0 Å². The Morgan fingerprint density at radius 1 is 1.30 bits per heavy atom. The van der Waals surface area contributed by atoms with Gasteiger partial charge in [-0.2, -0.15) is 5.10 Å². The Kier molecular flexibility index (Phi) is 2.60. The molecule has 0 saturated carbocycles. The number of imidazole rings is 1. The number of carboxylic acids is 1. The minimum Gasteiger partial charge on any atom is -0.478 e. The van der Waals surface area contributed by atoms with E-state index in [1.165, 1.54) is 0 Å². The van der Waals surface area contributed by atoms with Gasteiger partial charge in [0.2, 0.25) is 0 Å². The molecule has 6 nitrogen and oxygen atoms in total. The molecule has 0 spiro atoms. The number of benzene rings is 1. The monoisotopic (exact) mass is 270 g/mol. The van der Waals surface area contributed by atoms with Gasteiger partial charge in [0, 0.05) is 13.2 Å². The lowest BCUT2D eigenvalue weighted by molar-refractivity contribution is 0.0697. The molecular weight excluding hydrogens is 256 g/mol. The summed E-state index contributed by atoms with van der Waals surface area (Å²) in [5.74, 6) is -0.140. The van der Waals surface area contributed by atoms with Crippen LogP contribution in [-0.4, -0.2) is 30.4 Å². The molecule has 0 radical (unpaired) electrons. The van der Waals surface area contributed by atoms with Gasteiger partial charge >= 0.3 is 5.97 Å². The number of fused-ring (bicyclic) bond motifs is 1. The smallest absolute Gasteiger partial charge is 0.335 e. The van der Waals surface area contributed by atoms with E-state index in [-0.39, 0.29) is 5.56 Å². The number of carbonyl (C=O) groups is 1. The van der Waals surface area contributed by atoms with Crippen LogP contribution in [0, 0.1) is 13.8 Å². The fraction of sp³-hybridized carbons (Fsp3) is 0.214. The first kappa shape index (κ1) is 12.4. The van der Waals surface area contributed by atoms with Crippen molar-refractivity contribution in [2.75, 3.05) is 0 Å². The molecule has 0 aliphatic carbocycles. The minimum atomic E-state index is -0.944. The van der Waals surface area contributed by atoms with Gasteiger partial charge in [-0.3, -0.25) is 9.25 Å². The maximum atomic E-state index is 11.1. The van der Waals surface area contributed by atoms with E-state index in [2.05, 4.69) is 10.1 Å². The van der Waals surface area contributed by atoms with E-state index in [0.29, 0.717) is 0 Å². The van der Waals surface area contributed by atoms with Crippen LogP contribution in [0.15, 0.2) is 24.4 Å². The molecule has 20 heavy (non-hydrogen) atoms. The van der Waals surface area contributed by atoms with Crippen molar-refractivity contribution < 1.29 is 9.90 Å². The summed E-state index contributed by atoms with van der Waals surface area (Å²) in [7, 11) is 1.85. The zero-order chi connectivity index (χ0) is 14.4. The standard InChI is InChI=1S/C14H14N4O2/c1-8-13(7-17(3)16-8)18-9(2)15-11-5-4-10(14(19)20)6-12(11)18/h4-7H,1-3H3,(H,19,20). The number of nitrogens with zero attached hydrogens (tertiary/aromatic N) is 4. The summed E-state index contributed by atoms with van der Waals surface area (Å²) in [6, 6.07) is 4.94. The van der Waals surface area contributed by atoms with Gasteiger partial charge in [0.1, 0.15) is 5.82 Å². The molecular formula is C14H14N4O2. The van der Waals surface area contributed by atoms with Gasteiger partial charge in [-0.05, 0) is 32.0 Å². The highest BCUT2D eigenvalue weighted by molar-refractivity contribution is 5.93. The van der Waals surface area contributed by atoms with Crippen molar-refractivity contribution in [2.24, 2.45) is 7.05 Å². The zero-order valence-corrected chi connectivity index (χ0v) is 11.5. The molecule has 3 rings (SSSR count). The van der Waals surface area contributed by atoms with Gasteiger partial charge in [-0.1, -0.05) is 0 Å². The van der Waals surface area contributed by atoms with Crippen LogP contribution < -0.4 is 0 Å². The molecule has 0 bridgehead atoms. The minimum absolute atomic E-state index is 0.250. The topological polar surface area (TPSA) is 72.9 Å². The van der Waals surface area contributed by atoms with E-state index < -0.39 is 5.97 Å². The second-order valence-electron chi connectivity index (χ2n) is 4.78. The van der Waals surface area contributed by atoms with E-state index >= 15 is 0 Å². The number of aryl methyl sites for hydroxylation is 3. The summed E-state index contributed by atoms with van der Waals surface area (Å²) in [6.45, 7) is 3.81. The Balaban J connectivity index is 2.34. The van der Waals surface area contributed by atoms with Crippen LogP contribution in [0.5, 0.6) is 0 Å². The van der Waals surface area contributed by atoms with Crippen LogP contribution in [-0.2, 0) is 7.05 Å². The molecule has 6 heteroatoms.